The third-order valence-corrected chi connectivity index (χ3v) is 5.51. The molecule has 1 aromatic heterocycles. The maximum atomic E-state index is 12.4. The van der Waals surface area contributed by atoms with Crippen molar-refractivity contribution >= 4 is 65.9 Å². The molecule has 0 unspecified atom stereocenters. The molecule has 8 heteroatoms. The number of carbonyl (C=O) groups is 1. The van der Waals surface area contributed by atoms with Crippen molar-refractivity contribution in [2.24, 2.45) is 0 Å². The standard InChI is InChI=1S/C19H18BrN3O2S2/c1-4-25-14-6-5-12(9-13(14)20)17(24)22-18(26)23-19-21-16-11(3)7-10(2)8-15(16)27-19/h5-9H,4H2,1-3H3,(H2,21,22,23,24,26). The minimum absolute atomic E-state index is 0.207. The summed E-state index contributed by atoms with van der Waals surface area (Å²) in [5.41, 5.74) is 3.72. The van der Waals surface area contributed by atoms with Crippen LogP contribution in [0, 0.1) is 13.8 Å². The maximum absolute atomic E-state index is 12.4. The zero-order valence-electron chi connectivity index (χ0n) is 15.1. The summed E-state index contributed by atoms with van der Waals surface area (Å²) < 4.78 is 7.25. The summed E-state index contributed by atoms with van der Waals surface area (Å²) in [6.07, 6.45) is 0. The largest absolute Gasteiger partial charge is 0.493 e. The van der Waals surface area contributed by atoms with E-state index in [4.69, 9.17) is 17.0 Å². The predicted octanol–water partition coefficient (Wildman–Crippen LogP) is 5.20. The molecule has 0 aliphatic heterocycles. The molecule has 2 N–H and O–H groups in total. The van der Waals surface area contributed by atoms with E-state index in [1.807, 2.05) is 13.8 Å². The number of halogens is 1. The normalized spacial score (nSPS) is 10.7. The van der Waals surface area contributed by atoms with Gasteiger partial charge in [0.25, 0.3) is 5.91 Å². The molecule has 0 aliphatic rings. The van der Waals surface area contributed by atoms with Gasteiger partial charge in [-0.1, -0.05) is 17.4 Å². The molecule has 27 heavy (non-hydrogen) atoms. The summed E-state index contributed by atoms with van der Waals surface area (Å²) in [6, 6.07) is 9.32. The quantitative estimate of drug-likeness (QED) is 0.520. The van der Waals surface area contributed by atoms with E-state index in [-0.39, 0.29) is 11.0 Å². The molecule has 0 saturated heterocycles. The van der Waals surface area contributed by atoms with Gasteiger partial charge in [-0.05, 0) is 84.3 Å². The number of anilines is 1. The van der Waals surface area contributed by atoms with Crippen LogP contribution in [0.5, 0.6) is 5.75 Å². The van der Waals surface area contributed by atoms with E-state index in [1.54, 1.807) is 18.2 Å². The molecule has 0 saturated carbocycles. The van der Waals surface area contributed by atoms with Crippen molar-refractivity contribution in [3.05, 3.63) is 51.5 Å². The lowest BCUT2D eigenvalue weighted by Crippen LogP contribution is -2.34. The second-order valence-electron chi connectivity index (χ2n) is 5.93. The number of amides is 1. The van der Waals surface area contributed by atoms with Crippen LogP contribution in [0.15, 0.2) is 34.8 Å². The van der Waals surface area contributed by atoms with Crippen LogP contribution in [0.2, 0.25) is 0 Å². The molecular formula is C19H18BrN3O2S2. The second-order valence-corrected chi connectivity index (χ2v) is 8.23. The first kappa shape index (κ1) is 19.7. The summed E-state index contributed by atoms with van der Waals surface area (Å²) in [5, 5.41) is 6.53. The zero-order valence-corrected chi connectivity index (χ0v) is 18.3. The minimum Gasteiger partial charge on any atom is -0.493 e. The highest BCUT2D eigenvalue weighted by atomic mass is 79.9. The third kappa shape index (κ3) is 4.63. The lowest BCUT2D eigenvalue weighted by atomic mass is 10.1. The molecule has 2 aromatic carbocycles. The predicted molar refractivity (Wildman–Crippen MR) is 118 cm³/mol. The molecule has 140 valence electrons. The number of hydrogen-bond acceptors (Lipinski definition) is 5. The number of hydrogen-bond donors (Lipinski definition) is 2. The molecule has 5 nitrogen and oxygen atoms in total. The fourth-order valence-corrected chi connectivity index (χ4v) is 4.44. The molecule has 0 atom stereocenters. The van der Waals surface area contributed by atoms with Crippen molar-refractivity contribution in [1.29, 1.82) is 0 Å². The average molecular weight is 464 g/mol. The van der Waals surface area contributed by atoms with Crippen LogP contribution in [0.25, 0.3) is 10.2 Å². The van der Waals surface area contributed by atoms with Crippen LogP contribution in [0.4, 0.5) is 5.13 Å². The summed E-state index contributed by atoms with van der Waals surface area (Å²) in [4.78, 5) is 17.0. The van der Waals surface area contributed by atoms with Crippen LogP contribution in [-0.2, 0) is 0 Å². The first-order chi connectivity index (χ1) is 12.9. The fourth-order valence-electron chi connectivity index (χ4n) is 2.64. The molecule has 3 aromatic rings. The summed E-state index contributed by atoms with van der Waals surface area (Å²) >= 11 is 10.2. The van der Waals surface area contributed by atoms with Gasteiger partial charge in [0.05, 0.1) is 21.3 Å². The Morgan fingerprint density at radius 3 is 2.78 bits per heavy atom. The minimum atomic E-state index is -0.301. The van der Waals surface area contributed by atoms with Crippen LogP contribution in [-0.4, -0.2) is 22.6 Å². The van der Waals surface area contributed by atoms with Crippen molar-refractivity contribution in [2.75, 3.05) is 11.9 Å². The van der Waals surface area contributed by atoms with E-state index >= 15 is 0 Å². The Bertz CT molecular complexity index is 1030. The molecule has 1 heterocycles. The van der Waals surface area contributed by atoms with Crippen LogP contribution in [0.3, 0.4) is 0 Å². The lowest BCUT2D eigenvalue weighted by molar-refractivity contribution is 0.0977. The highest BCUT2D eigenvalue weighted by Gasteiger charge is 2.13. The van der Waals surface area contributed by atoms with Crippen molar-refractivity contribution in [1.82, 2.24) is 10.3 Å². The number of aryl methyl sites for hydroxylation is 2. The number of thiocarbonyl (C=S) groups is 1. The van der Waals surface area contributed by atoms with Crippen molar-refractivity contribution < 1.29 is 9.53 Å². The average Bonchev–Trinajstić information content (AvgIpc) is 2.99. The first-order valence-electron chi connectivity index (χ1n) is 8.30. The first-order valence-corrected chi connectivity index (χ1v) is 10.3. The Hall–Kier alpha value is -2.03. The number of nitrogens with one attached hydrogen (secondary N) is 2. The fraction of sp³-hybridized carbons (Fsp3) is 0.211. The van der Waals surface area contributed by atoms with Crippen LogP contribution in [0.1, 0.15) is 28.4 Å². The number of aromatic nitrogens is 1. The van der Waals surface area contributed by atoms with Gasteiger partial charge in [-0.3, -0.25) is 10.1 Å². The van der Waals surface area contributed by atoms with Crippen molar-refractivity contribution in [3.63, 3.8) is 0 Å². The molecule has 0 fully saturated rings. The molecule has 0 bridgehead atoms. The SMILES string of the molecule is CCOc1ccc(C(=O)NC(=S)Nc2nc3c(C)cc(C)cc3s2)cc1Br. The molecule has 0 aliphatic carbocycles. The number of nitrogens with zero attached hydrogens (tertiary/aromatic N) is 1. The van der Waals surface area contributed by atoms with Crippen LogP contribution < -0.4 is 15.4 Å². The van der Waals surface area contributed by atoms with Gasteiger partial charge in [0.1, 0.15) is 5.75 Å². The number of ether oxygens (including phenoxy) is 1. The van der Waals surface area contributed by atoms with Gasteiger partial charge in [0.15, 0.2) is 10.2 Å². The van der Waals surface area contributed by atoms with E-state index in [0.29, 0.717) is 27.5 Å². The Labute approximate surface area is 175 Å². The number of benzene rings is 2. The van der Waals surface area contributed by atoms with E-state index in [9.17, 15) is 4.79 Å². The van der Waals surface area contributed by atoms with Gasteiger partial charge in [0.2, 0.25) is 0 Å². The Morgan fingerprint density at radius 1 is 1.30 bits per heavy atom. The van der Waals surface area contributed by atoms with Crippen LogP contribution >= 0.6 is 39.5 Å². The van der Waals surface area contributed by atoms with Gasteiger partial charge in [-0.25, -0.2) is 4.98 Å². The maximum Gasteiger partial charge on any atom is 0.257 e. The highest BCUT2D eigenvalue weighted by molar-refractivity contribution is 9.10. The third-order valence-electron chi connectivity index (χ3n) is 3.77. The molecule has 0 spiro atoms. The summed E-state index contributed by atoms with van der Waals surface area (Å²) in [7, 11) is 0. The van der Waals surface area contributed by atoms with E-state index < -0.39 is 0 Å². The van der Waals surface area contributed by atoms with Gasteiger partial charge >= 0.3 is 0 Å². The Balaban J connectivity index is 1.69. The molecule has 1 amide bonds. The second kappa shape index (κ2) is 8.33. The molecule has 3 rings (SSSR count). The Morgan fingerprint density at radius 2 is 2.07 bits per heavy atom. The van der Waals surface area contributed by atoms with Crippen molar-refractivity contribution in [2.45, 2.75) is 20.8 Å². The van der Waals surface area contributed by atoms with Gasteiger partial charge in [0, 0.05) is 5.56 Å². The monoisotopic (exact) mass is 463 g/mol. The van der Waals surface area contributed by atoms with Gasteiger partial charge < -0.3 is 10.1 Å². The van der Waals surface area contributed by atoms with Crippen molar-refractivity contribution in [3.8, 4) is 5.75 Å². The highest BCUT2D eigenvalue weighted by Crippen LogP contribution is 2.29. The smallest absolute Gasteiger partial charge is 0.257 e. The Kier molecular flexibility index (Phi) is 6.08. The zero-order chi connectivity index (χ0) is 19.6. The summed E-state index contributed by atoms with van der Waals surface area (Å²) in [5.74, 6) is 0.388. The van der Waals surface area contributed by atoms with E-state index in [1.165, 1.54) is 16.9 Å². The number of thiazole rings is 1. The molecule has 0 radical (unpaired) electrons. The number of carbonyl (C=O) groups excluding carboxylic acids is 1. The number of rotatable bonds is 4. The topological polar surface area (TPSA) is 63.2 Å². The number of fused-ring (bicyclic) bond motifs is 1. The summed E-state index contributed by atoms with van der Waals surface area (Å²) in [6.45, 7) is 6.54. The van der Waals surface area contributed by atoms with Gasteiger partial charge in [-0.2, -0.15) is 0 Å². The lowest BCUT2D eigenvalue weighted by Gasteiger charge is -2.09. The van der Waals surface area contributed by atoms with E-state index in [2.05, 4.69) is 50.6 Å². The molecular weight excluding hydrogens is 446 g/mol. The van der Waals surface area contributed by atoms with E-state index in [0.717, 1.165) is 15.8 Å². The van der Waals surface area contributed by atoms with Gasteiger partial charge in [-0.15, -0.1) is 0 Å².